The fourth-order valence-electron chi connectivity index (χ4n) is 4.67. The standard InChI is InChI=1S/C30H32Br2N2O2S/c31-25-15-13-23(14-16-25)20-37-21-29(35)34(19-24-9-6-10-26(32)17-24)28(18-22-7-2-1-3-8-22)30(36)33-27-11-4-5-12-27/h1-3,6-10,13-17,27-28H,4-5,11-12,18-21H2,(H,33,36)/t28-/m0/s1. The zero-order valence-electron chi connectivity index (χ0n) is 20.7. The summed E-state index contributed by atoms with van der Waals surface area (Å²) in [5, 5.41) is 3.27. The minimum atomic E-state index is -0.581. The molecule has 2 amide bonds. The van der Waals surface area contributed by atoms with Crippen LogP contribution in [0.4, 0.5) is 0 Å². The maximum Gasteiger partial charge on any atom is 0.243 e. The molecule has 1 N–H and O–H groups in total. The van der Waals surface area contributed by atoms with Crippen molar-refractivity contribution < 1.29 is 9.59 Å². The molecule has 1 fully saturated rings. The molecule has 0 bridgehead atoms. The number of hydrogen-bond acceptors (Lipinski definition) is 3. The number of amides is 2. The Morgan fingerprint density at radius 2 is 1.57 bits per heavy atom. The van der Waals surface area contributed by atoms with Crippen molar-refractivity contribution >= 4 is 55.4 Å². The highest BCUT2D eigenvalue weighted by Crippen LogP contribution is 2.22. The Kier molecular flexibility index (Phi) is 10.7. The van der Waals surface area contributed by atoms with E-state index >= 15 is 0 Å². The van der Waals surface area contributed by atoms with Gasteiger partial charge in [-0.05, 0) is 53.8 Å². The van der Waals surface area contributed by atoms with Crippen LogP contribution in [-0.4, -0.2) is 34.6 Å². The Balaban J connectivity index is 1.56. The van der Waals surface area contributed by atoms with Gasteiger partial charge >= 0.3 is 0 Å². The molecule has 3 aromatic rings. The van der Waals surface area contributed by atoms with Gasteiger partial charge in [-0.2, -0.15) is 0 Å². The molecule has 0 spiro atoms. The predicted molar refractivity (Wildman–Crippen MR) is 159 cm³/mol. The normalized spacial score (nSPS) is 14.3. The average Bonchev–Trinajstić information content (AvgIpc) is 3.41. The van der Waals surface area contributed by atoms with Crippen LogP contribution < -0.4 is 5.32 Å². The van der Waals surface area contributed by atoms with Gasteiger partial charge in [-0.15, -0.1) is 11.8 Å². The first kappa shape index (κ1) is 27.9. The Morgan fingerprint density at radius 3 is 2.27 bits per heavy atom. The van der Waals surface area contributed by atoms with Crippen LogP contribution in [-0.2, 0) is 28.3 Å². The van der Waals surface area contributed by atoms with E-state index < -0.39 is 6.04 Å². The van der Waals surface area contributed by atoms with Crippen LogP contribution >= 0.6 is 43.6 Å². The number of nitrogens with zero attached hydrogens (tertiary/aromatic N) is 1. The summed E-state index contributed by atoms with van der Waals surface area (Å²) in [6.07, 6.45) is 4.78. The van der Waals surface area contributed by atoms with Crippen molar-refractivity contribution in [2.45, 2.75) is 56.5 Å². The second-order valence-corrected chi connectivity index (χ2v) is 12.3. The van der Waals surface area contributed by atoms with Crippen LogP contribution in [0.5, 0.6) is 0 Å². The van der Waals surface area contributed by atoms with E-state index in [0.29, 0.717) is 18.7 Å². The van der Waals surface area contributed by atoms with Crippen molar-refractivity contribution in [2.75, 3.05) is 5.75 Å². The number of hydrogen-bond donors (Lipinski definition) is 1. The summed E-state index contributed by atoms with van der Waals surface area (Å²) < 4.78 is 1.99. The maximum atomic E-state index is 13.8. The Hall–Kier alpha value is -2.09. The Bertz CT molecular complexity index is 1170. The van der Waals surface area contributed by atoms with Crippen LogP contribution in [0.15, 0.2) is 87.8 Å². The van der Waals surface area contributed by atoms with E-state index in [4.69, 9.17) is 0 Å². The second kappa shape index (κ2) is 14.2. The summed E-state index contributed by atoms with van der Waals surface area (Å²) in [7, 11) is 0. The fourth-order valence-corrected chi connectivity index (χ4v) is 6.25. The summed E-state index contributed by atoms with van der Waals surface area (Å²) >= 11 is 8.60. The number of carbonyl (C=O) groups is 2. The molecule has 37 heavy (non-hydrogen) atoms. The topological polar surface area (TPSA) is 49.4 Å². The first-order chi connectivity index (χ1) is 18.0. The van der Waals surface area contributed by atoms with Crippen molar-refractivity contribution in [1.82, 2.24) is 10.2 Å². The van der Waals surface area contributed by atoms with Gasteiger partial charge in [0.25, 0.3) is 0 Å². The summed E-state index contributed by atoms with van der Waals surface area (Å²) in [5.74, 6) is 0.967. The number of nitrogens with one attached hydrogen (secondary N) is 1. The van der Waals surface area contributed by atoms with Crippen LogP contribution in [0.3, 0.4) is 0 Å². The second-order valence-electron chi connectivity index (χ2n) is 9.47. The molecule has 1 aliphatic rings. The number of rotatable bonds is 11. The monoisotopic (exact) mass is 642 g/mol. The molecule has 1 aliphatic carbocycles. The Labute approximate surface area is 240 Å². The van der Waals surface area contributed by atoms with E-state index in [0.717, 1.165) is 51.5 Å². The number of benzene rings is 3. The van der Waals surface area contributed by atoms with Gasteiger partial charge in [-0.1, -0.05) is 99.3 Å². The molecule has 7 heteroatoms. The van der Waals surface area contributed by atoms with Crippen LogP contribution in [0.1, 0.15) is 42.4 Å². The van der Waals surface area contributed by atoms with Gasteiger partial charge < -0.3 is 10.2 Å². The molecule has 0 heterocycles. The van der Waals surface area contributed by atoms with E-state index in [9.17, 15) is 9.59 Å². The summed E-state index contributed by atoms with van der Waals surface area (Å²) in [6.45, 7) is 0.382. The first-order valence-electron chi connectivity index (χ1n) is 12.7. The summed E-state index contributed by atoms with van der Waals surface area (Å²) in [5.41, 5.74) is 3.20. The van der Waals surface area contributed by atoms with Gasteiger partial charge in [0.05, 0.1) is 5.75 Å². The van der Waals surface area contributed by atoms with E-state index in [1.807, 2.05) is 66.7 Å². The molecule has 1 saturated carbocycles. The zero-order valence-corrected chi connectivity index (χ0v) is 24.7. The number of thioether (sulfide) groups is 1. The minimum absolute atomic E-state index is 0.0235. The van der Waals surface area contributed by atoms with Gasteiger partial charge in [0, 0.05) is 33.7 Å². The quantitative estimate of drug-likeness (QED) is 0.242. The molecule has 1 atom stereocenters. The van der Waals surface area contributed by atoms with Crippen molar-refractivity contribution in [3.05, 3.63) is 104 Å². The minimum Gasteiger partial charge on any atom is -0.352 e. The number of carbonyl (C=O) groups excluding carboxylic acids is 2. The van der Waals surface area contributed by atoms with Crippen LogP contribution in [0.2, 0.25) is 0 Å². The van der Waals surface area contributed by atoms with Gasteiger partial charge in [0.1, 0.15) is 6.04 Å². The molecule has 4 nitrogen and oxygen atoms in total. The van der Waals surface area contributed by atoms with Crippen molar-refractivity contribution in [1.29, 1.82) is 0 Å². The lowest BCUT2D eigenvalue weighted by Gasteiger charge is -2.32. The smallest absolute Gasteiger partial charge is 0.243 e. The molecule has 4 rings (SSSR count). The van der Waals surface area contributed by atoms with Crippen LogP contribution in [0, 0.1) is 0 Å². The molecule has 194 valence electrons. The summed E-state index contributed by atoms with van der Waals surface area (Å²) in [4.78, 5) is 29.2. The van der Waals surface area contributed by atoms with E-state index in [2.05, 4.69) is 49.3 Å². The molecule has 0 aromatic heterocycles. The molecule has 0 unspecified atom stereocenters. The van der Waals surface area contributed by atoms with Gasteiger partial charge in [-0.25, -0.2) is 0 Å². The average molecular weight is 644 g/mol. The fraction of sp³-hybridized carbons (Fsp3) is 0.333. The third-order valence-electron chi connectivity index (χ3n) is 6.62. The van der Waals surface area contributed by atoms with Gasteiger partial charge in [0.15, 0.2) is 0 Å². The highest BCUT2D eigenvalue weighted by Gasteiger charge is 2.32. The van der Waals surface area contributed by atoms with Crippen LogP contribution in [0.25, 0.3) is 0 Å². The molecule has 0 radical (unpaired) electrons. The van der Waals surface area contributed by atoms with Gasteiger partial charge in [0.2, 0.25) is 11.8 Å². The summed E-state index contributed by atoms with van der Waals surface area (Å²) in [6, 6.07) is 25.7. The molecule has 0 aliphatic heterocycles. The molecular formula is C30H32Br2N2O2S. The Morgan fingerprint density at radius 1 is 0.865 bits per heavy atom. The predicted octanol–water partition coefficient (Wildman–Crippen LogP) is 7.14. The molecule has 3 aromatic carbocycles. The number of halogens is 2. The molecule has 0 saturated heterocycles. The van der Waals surface area contributed by atoms with E-state index in [1.165, 1.54) is 5.56 Å². The lowest BCUT2D eigenvalue weighted by molar-refractivity contribution is -0.139. The first-order valence-corrected chi connectivity index (χ1v) is 15.4. The van der Waals surface area contributed by atoms with Crippen molar-refractivity contribution in [3.8, 4) is 0 Å². The highest BCUT2D eigenvalue weighted by atomic mass is 79.9. The highest BCUT2D eigenvalue weighted by molar-refractivity contribution is 9.10. The van der Waals surface area contributed by atoms with Crippen molar-refractivity contribution in [2.24, 2.45) is 0 Å². The third-order valence-corrected chi connectivity index (χ3v) is 8.63. The lowest BCUT2D eigenvalue weighted by Crippen LogP contribution is -2.52. The third kappa shape index (κ3) is 8.72. The molecular weight excluding hydrogens is 612 g/mol. The van der Waals surface area contributed by atoms with Crippen molar-refractivity contribution in [3.63, 3.8) is 0 Å². The SMILES string of the molecule is O=C(NC1CCCC1)[C@H](Cc1ccccc1)N(Cc1cccc(Br)c1)C(=O)CSCc1ccc(Br)cc1. The van der Waals surface area contributed by atoms with Gasteiger partial charge in [-0.3, -0.25) is 9.59 Å². The lowest BCUT2D eigenvalue weighted by atomic mass is 10.0. The largest absolute Gasteiger partial charge is 0.352 e. The zero-order chi connectivity index (χ0) is 26.0. The van der Waals surface area contributed by atoms with E-state index in [1.54, 1.807) is 16.7 Å². The van der Waals surface area contributed by atoms with E-state index in [-0.39, 0.29) is 17.9 Å². The maximum absolute atomic E-state index is 13.8.